The summed E-state index contributed by atoms with van der Waals surface area (Å²) in [5.41, 5.74) is 3.43. The molecule has 0 radical (unpaired) electrons. The van der Waals surface area contributed by atoms with Crippen LogP contribution < -0.4 is 10.1 Å². The minimum Gasteiger partial charge on any atom is -0.491 e. The van der Waals surface area contributed by atoms with Crippen LogP contribution in [-0.4, -0.2) is 41.7 Å². The predicted molar refractivity (Wildman–Crippen MR) is 97.7 cm³/mol. The Bertz CT molecular complexity index is 732. The average Bonchev–Trinajstić information content (AvgIpc) is 2.60. The van der Waals surface area contributed by atoms with Crippen molar-refractivity contribution < 1.29 is 14.6 Å². The zero-order valence-corrected chi connectivity index (χ0v) is 14.4. The lowest BCUT2D eigenvalue weighted by Gasteiger charge is -2.30. The number of fused-ring (bicyclic) bond motifs is 1. The van der Waals surface area contributed by atoms with Crippen molar-refractivity contribution in [3.05, 3.63) is 59.7 Å². The second-order valence-electron chi connectivity index (χ2n) is 6.43. The first kappa shape index (κ1) is 17.5. The summed E-state index contributed by atoms with van der Waals surface area (Å²) in [5.74, 6) is 0.511. The molecule has 0 bridgehead atoms. The van der Waals surface area contributed by atoms with E-state index >= 15 is 0 Å². The number of ether oxygens (including phenoxy) is 1. The van der Waals surface area contributed by atoms with Gasteiger partial charge in [-0.3, -0.25) is 9.69 Å². The number of nitrogens with zero attached hydrogens (tertiary/aromatic N) is 1. The van der Waals surface area contributed by atoms with E-state index in [2.05, 4.69) is 34.5 Å². The molecule has 0 spiro atoms. The van der Waals surface area contributed by atoms with Gasteiger partial charge >= 0.3 is 0 Å². The number of aliphatic hydroxyl groups excluding tert-OH is 1. The Morgan fingerprint density at radius 3 is 2.84 bits per heavy atom. The normalized spacial score (nSPS) is 15.3. The van der Waals surface area contributed by atoms with Gasteiger partial charge in [0.1, 0.15) is 18.5 Å². The smallest absolute Gasteiger partial charge is 0.221 e. The first-order valence-corrected chi connectivity index (χ1v) is 8.58. The fraction of sp³-hybridized carbons (Fsp3) is 0.350. The van der Waals surface area contributed by atoms with Crippen molar-refractivity contribution in [3.8, 4) is 5.75 Å². The Hall–Kier alpha value is -2.37. The molecule has 2 N–H and O–H groups in total. The third kappa shape index (κ3) is 5.05. The van der Waals surface area contributed by atoms with Crippen molar-refractivity contribution >= 4 is 11.6 Å². The van der Waals surface area contributed by atoms with Gasteiger partial charge in [-0.15, -0.1) is 0 Å². The van der Waals surface area contributed by atoms with Crippen LogP contribution in [-0.2, 0) is 17.8 Å². The van der Waals surface area contributed by atoms with Gasteiger partial charge in [0.15, 0.2) is 0 Å². The monoisotopic (exact) mass is 340 g/mol. The minimum absolute atomic E-state index is 0.123. The summed E-state index contributed by atoms with van der Waals surface area (Å²) in [6.07, 6.45) is 0.456. The van der Waals surface area contributed by atoms with Crippen molar-refractivity contribution in [1.82, 2.24) is 4.90 Å². The van der Waals surface area contributed by atoms with Gasteiger partial charge in [-0.2, -0.15) is 0 Å². The van der Waals surface area contributed by atoms with Crippen molar-refractivity contribution in [3.63, 3.8) is 0 Å². The highest BCUT2D eigenvalue weighted by molar-refractivity contribution is 5.88. The van der Waals surface area contributed by atoms with E-state index in [0.29, 0.717) is 18.0 Å². The third-order valence-corrected chi connectivity index (χ3v) is 4.28. The number of amides is 1. The molecule has 2 aromatic rings. The van der Waals surface area contributed by atoms with Crippen LogP contribution in [0, 0.1) is 0 Å². The summed E-state index contributed by atoms with van der Waals surface area (Å²) >= 11 is 0. The second kappa shape index (κ2) is 8.14. The number of β-amino-alcohol motifs (C(OH)–C–C–N with tert-alkyl or cyclic N) is 1. The lowest BCUT2D eigenvalue weighted by molar-refractivity contribution is -0.114. The van der Waals surface area contributed by atoms with Gasteiger partial charge in [0.25, 0.3) is 0 Å². The van der Waals surface area contributed by atoms with E-state index in [4.69, 9.17) is 4.74 Å². The molecular formula is C20H24N2O3. The van der Waals surface area contributed by atoms with Gasteiger partial charge in [-0.1, -0.05) is 30.3 Å². The van der Waals surface area contributed by atoms with E-state index < -0.39 is 6.10 Å². The van der Waals surface area contributed by atoms with Crippen molar-refractivity contribution in [2.75, 3.05) is 25.0 Å². The fourth-order valence-corrected chi connectivity index (χ4v) is 3.12. The molecule has 1 aliphatic heterocycles. The molecule has 1 heterocycles. The molecule has 5 nitrogen and oxygen atoms in total. The molecule has 25 heavy (non-hydrogen) atoms. The van der Waals surface area contributed by atoms with E-state index in [1.54, 1.807) is 12.1 Å². The van der Waals surface area contributed by atoms with Crippen molar-refractivity contribution in [2.24, 2.45) is 0 Å². The zero-order chi connectivity index (χ0) is 17.6. The number of nitrogens with one attached hydrogen (secondary N) is 1. The van der Waals surface area contributed by atoms with Crippen molar-refractivity contribution in [1.29, 1.82) is 0 Å². The highest BCUT2D eigenvalue weighted by Gasteiger charge is 2.18. The van der Waals surface area contributed by atoms with E-state index in [1.165, 1.54) is 18.1 Å². The number of carbonyl (C=O) groups is 1. The molecule has 1 atom stereocenters. The van der Waals surface area contributed by atoms with Crippen LogP contribution >= 0.6 is 0 Å². The highest BCUT2D eigenvalue weighted by Crippen LogP contribution is 2.20. The Balaban J connectivity index is 1.49. The Labute approximate surface area is 148 Å². The van der Waals surface area contributed by atoms with Gasteiger partial charge in [0.2, 0.25) is 5.91 Å². The van der Waals surface area contributed by atoms with Crippen LogP contribution in [0.2, 0.25) is 0 Å². The van der Waals surface area contributed by atoms with E-state index in [1.807, 2.05) is 12.1 Å². The second-order valence-corrected chi connectivity index (χ2v) is 6.43. The summed E-state index contributed by atoms with van der Waals surface area (Å²) < 4.78 is 5.67. The molecule has 0 saturated heterocycles. The molecule has 3 rings (SSSR count). The number of anilines is 1. The van der Waals surface area contributed by atoms with E-state index in [9.17, 15) is 9.90 Å². The summed E-state index contributed by atoms with van der Waals surface area (Å²) in [7, 11) is 0. The standard InChI is InChI=1S/C20H24N2O3/c1-15(23)21-18-7-4-8-20(11-18)25-14-19(24)13-22-10-9-16-5-2-3-6-17(16)12-22/h2-8,11,19,24H,9-10,12-14H2,1H3,(H,21,23)/t19-/m0/s1. The molecule has 5 heteroatoms. The molecule has 0 aromatic heterocycles. The Kier molecular flexibility index (Phi) is 5.68. The fourth-order valence-electron chi connectivity index (χ4n) is 3.12. The van der Waals surface area contributed by atoms with E-state index in [0.717, 1.165) is 19.5 Å². The van der Waals surface area contributed by atoms with Crippen LogP contribution in [0.5, 0.6) is 5.75 Å². The number of hydrogen-bond acceptors (Lipinski definition) is 4. The number of aliphatic hydroxyl groups is 1. The lowest BCUT2D eigenvalue weighted by Crippen LogP contribution is -2.38. The molecule has 0 aliphatic carbocycles. The molecule has 0 fully saturated rings. The Morgan fingerprint density at radius 1 is 1.24 bits per heavy atom. The number of hydrogen-bond donors (Lipinski definition) is 2. The van der Waals surface area contributed by atoms with Gasteiger partial charge in [-0.05, 0) is 29.7 Å². The van der Waals surface area contributed by atoms with Crippen LogP contribution in [0.15, 0.2) is 48.5 Å². The summed E-state index contributed by atoms with van der Waals surface area (Å²) in [5, 5.41) is 13.0. The predicted octanol–water partition coefficient (Wildman–Crippen LogP) is 2.44. The van der Waals surface area contributed by atoms with E-state index in [-0.39, 0.29) is 12.5 Å². The van der Waals surface area contributed by atoms with Crippen molar-refractivity contribution in [2.45, 2.75) is 26.0 Å². The number of carbonyl (C=O) groups excluding carboxylic acids is 1. The molecule has 2 aromatic carbocycles. The first-order chi connectivity index (χ1) is 12.1. The maximum absolute atomic E-state index is 11.1. The highest BCUT2D eigenvalue weighted by atomic mass is 16.5. The van der Waals surface area contributed by atoms with Crippen LogP contribution in [0.3, 0.4) is 0 Å². The molecular weight excluding hydrogens is 316 g/mol. The topological polar surface area (TPSA) is 61.8 Å². The summed E-state index contributed by atoms with van der Waals surface area (Å²) in [6, 6.07) is 15.6. The minimum atomic E-state index is -0.560. The molecule has 1 aliphatic rings. The van der Waals surface area contributed by atoms with Gasteiger partial charge < -0.3 is 15.2 Å². The average molecular weight is 340 g/mol. The van der Waals surface area contributed by atoms with Crippen LogP contribution in [0.25, 0.3) is 0 Å². The Morgan fingerprint density at radius 2 is 2.04 bits per heavy atom. The SMILES string of the molecule is CC(=O)Nc1cccc(OC[C@@H](O)CN2CCc3ccccc3C2)c1. The van der Waals surface area contributed by atoms with Crippen LogP contribution in [0.1, 0.15) is 18.1 Å². The zero-order valence-electron chi connectivity index (χ0n) is 14.4. The quantitative estimate of drug-likeness (QED) is 0.848. The lowest BCUT2D eigenvalue weighted by atomic mass is 10.00. The van der Waals surface area contributed by atoms with Gasteiger partial charge in [0, 0.05) is 38.3 Å². The van der Waals surface area contributed by atoms with Gasteiger partial charge in [-0.25, -0.2) is 0 Å². The first-order valence-electron chi connectivity index (χ1n) is 8.58. The largest absolute Gasteiger partial charge is 0.491 e. The van der Waals surface area contributed by atoms with Gasteiger partial charge in [0.05, 0.1) is 0 Å². The van der Waals surface area contributed by atoms with Crippen LogP contribution in [0.4, 0.5) is 5.69 Å². The summed E-state index contributed by atoms with van der Waals surface area (Å²) in [6.45, 7) is 4.09. The molecule has 132 valence electrons. The molecule has 0 saturated carbocycles. The molecule has 0 unspecified atom stereocenters. The number of rotatable bonds is 6. The maximum atomic E-state index is 11.1. The summed E-state index contributed by atoms with van der Waals surface area (Å²) in [4.78, 5) is 13.4. The third-order valence-electron chi connectivity index (χ3n) is 4.28. The maximum Gasteiger partial charge on any atom is 0.221 e. The molecule has 1 amide bonds. The number of benzene rings is 2.